The van der Waals surface area contributed by atoms with E-state index in [0.29, 0.717) is 19.7 Å². The molecule has 0 unspecified atom stereocenters. The Morgan fingerprint density at radius 1 is 1.62 bits per heavy atom. The Bertz CT molecular complexity index is 178. The van der Waals surface area contributed by atoms with Crippen LogP contribution in [0.1, 0.15) is 26.2 Å². The number of hydrogen-bond donors (Lipinski definition) is 2. The van der Waals surface area contributed by atoms with E-state index in [2.05, 4.69) is 5.32 Å². The van der Waals surface area contributed by atoms with Gasteiger partial charge in [-0.15, -0.1) is 0 Å². The van der Waals surface area contributed by atoms with E-state index >= 15 is 0 Å². The van der Waals surface area contributed by atoms with E-state index in [1.807, 2.05) is 6.92 Å². The molecule has 1 aliphatic carbocycles. The number of nitrogens with two attached hydrogens (primary N) is 1. The zero-order valence-electron chi connectivity index (χ0n) is 8.14. The molecule has 0 saturated heterocycles. The molecule has 3 N–H and O–H groups in total. The van der Waals surface area contributed by atoms with Gasteiger partial charge in [0, 0.05) is 13.1 Å². The summed E-state index contributed by atoms with van der Waals surface area (Å²) in [6.45, 7) is 3.51. The number of esters is 1. The molecule has 4 heteroatoms. The highest BCUT2D eigenvalue weighted by atomic mass is 16.5. The third-order valence-corrected chi connectivity index (χ3v) is 2.48. The summed E-state index contributed by atoms with van der Waals surface area (Å²) in [6.07, 6.45) is 2.86. The van der Waals surface area contributed by atoms with Crippen LogP contribution in [0.4, 0.5) is 0 Å². The second-order valence-corrected chi connectivity index (χ2v) is 3.37. The first-order chi connectivity index (χ1) is 6.25. The van der Waals surface area contributed by atoms with Crippen molar-refractivity contribution in [3.63, 3.8) is 0 Å². The standard InChI is InChI=1S/C9H18N2O2/c1-2-13-8(12)9(4-3-5-9)11-7-6-10/h11H,2-7,10H2,1H3. The van der Waals surface area contributed by atoms with Crippen LogP contribution in [0.25, 0.3) is 0 Å². The Morgan fingerprint density at radius 3 is 2.69 bits per heavy atom. The molecule has 1 saturated carbocycles. The van der Waals surface area contributed by atoms with Crippen molar-refractivity contribution in [2.45, 2.75) is 31.7 Å². The van der Waals surface area contributed by atoms with Gasteiger partial charge >= 0.3 is 5.97 Å². The van der Waals surface area contributed by atoms with E-state index in [1.54, 1.807) is 0 Å². The lowest BCUT2D eigenvalue weighted by Gasteiger charge is -2.39. The fraction of sp³-hybridized carbons (Fsp3) is 0.889. The Hall–Kier alpha value is -0.610. The minimum Gasteiger partial charge on any atom is -0.465 e. The second-order valence-electron chi connectivity index (χ2n) is 3.37. The number of hydrogen-bond acceptors (Lipinski definition) is 4. The molecular weight excluding hydrogens is 168 g/mol. The van der Waals surface area contributed by atoms with E-state index in [9.17, 15) is 4.79 Å². The van der Waals surface area contributed by atoms with Crippen molar-refractivity contribution in [3.8, 4) is 0 Å². The molecule has 0 aliphatic heterocycles. The van der Waals surface area contributed by atoms with Crippen LogP contribution in [0.15, 0.2) is 0 Å². The molecule has 0 heterocycles. The Balaban J connectivity index is 2.43. The van der Waals surface area contributed by atoms with Crippen molar-refractivity contribution in [1.29, 1.82) is 0 Å². The molecule has 0 bridgehead atoms. The molecule has 0 spiro atoms. The normalized spacial score (nSPS) is 19.2. The molecule has 0 aromatic heterocycles. The van der Waals surface area contributed by atoms with Crippen molar-refractivity contribution in [2.24, 2.45) is 5.73 Å². The van der Waals surface area contributed by atoms with Gasteiger partial charge < -0.3 is 15.8 Å². The topological polar surface area (TPSA) is 64.3 Å². The van der Waals surface area contributed by atoms with Gasteiger partial charge in [0.05, 0.1) is 6.61 Å². The Labute approximate surface area is 78.8 Å². The predicted molar refractivity (Wildman–Crippen MR) is 50.3 cm³/mol. The third kappa shape index (κ3) is 2.19. The van der Waals surface area contributed by atoms with Gasteiger partial charge in [0.15, 0.2) is 0 Å². The predicted octanol–water partition coefficient (Wildman–Crippen LogP) is 0.0205. The lowest BCUT2D eigenvalue weighted by Crippen LogP contribution is -2.58. The Morgan fingerprint density at radius 2 is 2.31 bits per heavy atom. The summed E-state index contributed by atoms with van der Waals surface area (Å²) in [5.41, 5.74) is 4.97. The third-order valence-electron chi connectivity index (χ3n) is 2.48. The van der Waals surface area contributed by atoms with E-state index < -0.39 is 5.54 Å². The highest BCUT2D eigenvalue weighted by molar-refractivity contribution is 5.82. The summed E-state index contributed by atoms with van der Waals surface area (Å²) in [6, 6.07) is 0. The van der Waals surface area contributed by atoms with Gasteiger partial charge in [-0.1, -0.05) is 0 Å². The largest absolute Gasteiger partial charge is 0.465 e. The highest BCUT2D eigenvalue weighted by Crippen LogP contribution is 2.32. The zero-order chi connectivity index (χ0) is 9.73. The molecule has 0 radical (unpaired) electrons. The quantitative estimate of drug-likeness (QED) is 0.594. The van der Waals surface area contributed by atoms with E-state index in [4.69, 9.17) is 10.5 Å². The van der Waals surface area contributed by atoms with Crippen LogP contribution in [0.2, 0.25) is 0 Å². The van der Waals surface area contributed by atoms with Crippen LogP contribution in [0, 0.1) is 0 Å². The van der Waals surface area contributed by atoms with Crippen LogP contribution in [0.5, 0.6) is 0 Å². The number of rotatable bonds is 5. The average Bonchev–Trinajstić information content (AvgIpc) is 2.03. The minimum absolute atomic E-state index is 0.116. The fourth-order valence-electron chi connectivity index (χ4n) is 1.56. The van der Waals surface area contributed by atoms with Crippen molar-refractivity contribution < 1.29 is 9.53 Å². The summed E-state index contributed by atoms with van der Waals surface area (Å²) in [7, 11) is 0. The second kappa shape index (κ2) is 4.58. The molecule has 1 rings (SSSR count). The molecule has 0 amide bonds. The molecular formula is C9H18N2O2. The van der Waals surface area contributed by atoms with Gasteiger partial charge in [0.25, 0.3) is 0 Å². The maximum absolute atomic E-state index is 11.5. The molecule has 1 aliphatic rings. The number of nitrogens with one attached hydrogen (secondary N) is 1. The monoisotopic (exact) mass is 186 g/mol. The molecule has 0 aromatic carbocycles. The zero-order valence-corrected chi connectivity index (χ0v) is 8.14. The number of ether oxygens (including phenoxy) is 1. The van der Waals surface area contributed by atoms with Gasteiger partial charge in [-0.05, 0) is 26.2 Å². The summed E-state index contributed by atoms with van der Waals surface area (Å²) < 4.78 is 5.00. The molecule has 0 atom stereocenters. The summed E-state index contributed by atoms with van der Waals surface area (Å²) in [4.78, 5) is 11.5. The van der Waals surface area contributed by atoms with Gasteiger partial charge in [-0.3, -0.25) is 4.79 Å². The van der Waals surface area contributed by atoms with Crippen molar-refractivity contribution in [2.75, 3.05) is 19.7 Å². The van der Waals surface area contributed by atoms with Crippen molar-refractivity contribution >= 4 is 5.97 Å². The van der Waals surface area contributed by atoms with E-state index in [1.165, 1.54) is 0 Å². The van der Waals surface area contributed by atoms with Crippen LogP contribution in [-0.4, -0.2) is 31.2 Å². The van der Waals surface area contributed by atoms with Gasteiger partial charge in [-0.2, -0.15) is 0 Å². The first-order valence-corrected chi connectivity index (χ1v) is 4.87. The van der Waals surface area contributed by atoms with Crippen LogP contribution in [0.3, 0.4) is 0 Å². The van der Waals surface area contributed by atoms with E-state index in [-0.39, 0.29) is 5.97 Å². The summed E-state index contributed by atoms with van der Waals surface area (Å²) >= 11 is 0. The fourth-order valence-corrected chi connectivity index (χ4v) is 1.56. The van der Waals surface area contributed by atoms with Gasteiger partial charge in [0.2, 0.25) is 0 Å². The van der Waals surface area contributed by atoms with Crippen molar-refractivity contribution in [3.05, 3.63) is 0 Å². The molecule has 76 valence electrons. The van der Waals surface area contributed by atoms with Crippen molar-refractivity contribution in [1.82, 2.24) is 5.32 Å². The maximum atomic E-state index is 11.5. The Kier molecular flexibility index (Phi) is 3.69. The minimum atomic E-state index is -0.407. The number of carbonyl (C=O) groups is 1. The molecule has 4 nitrogen and oxygen atoms in total. The first kappa shape index (κ1) is 10.5. The van der Waals surface area contributed by atoms with Gasteiger partial charge in [0.1, 0.15) is 5.54 Å². The summed E-state index contributed by atoms with van der Waals surface area (Å²) in [5, 5.41) is 3.17. The SMILES string of the molecule is CCOC(=O)C1(NCCN)CCC1. The van der Waals surface area contributed by atoms with Crippen LogP contribution in [-0.2, 0) is 9.53 Å². The van der Waals surface area contributed by atoms with Crippen LogP contribution >= 0.6 is 0 Å². The average molecular weight is 186 g/mol. The number of carbonyl (C=O) groups excluding carboxylic acids is 1. The summed E-state index contributed by atoms with van der Waals surface area (Å²) in [5.74, 6) is -0.116. The lowest BCUT2D eigenvalue weighted by atomic mass is 9.76. The lowest BCUT2D eigenvalue weighted by molar-refractivity contribution is -0.155. The molecule has 1 fully saturated rings. The maximum Gasteiger partial charge on any atom is 0.326 e. The first-order valence-electron chi connectivity index (χ1n) is 4.87. The van der Waals surface area contributed by atoms with E-state index in [0.717, 1.165) is 19.3 Å². The van der Waals surface area contributed by atoms with Crippen LogP contribution < -0.4 is 11.1 Å². The molecule has 0 aromatic rings. The smallest absolute Gasteiger partial charge is 0.326 e. The highest BCUT2D eigenvalue weighted by Gasteiger charge is 2.44. The molecule has 13 heavy (non-hydrogen) atoms. The van der Waals surface area contributed by atoms with Gasteiger partial charge in [-0.25, -0.2) is 0 Å².